The number of carbonyl (C=O) groups is 4. The van der Waals surface area contributed by atoms with E-state index < -0.39 is 24.0 Å². The number of nitrogens with two attached hydrogens (primary N) is 2. The summed E-state index contributed by atoms with van der Waals surface area (Å²) in [6, 6.07) is -0.787. The number of carboxylic acids is 2. The van der Waals surface area contributed by atoms with Crippen LogP contribution in [0.3, 0.4) is 0 Å². The van der Waals surface area contributed by atoms with Gasteiger partial charge in [-0.1, -0.05) is 0 Å². The molecule has 0 aromatic carbocycles. The van der Waals surface area contributed by atoms with Gasteiger partial charge in [-0.3, -0.25) is 19.2 Å². The van der Waals surface area contributed by atoms with Crippen molar-refractivity contribution in [2.24, 2.45) is 11.5 Å². The van der Waals surface area contributed by atoms with Crippen molar-refractivity contribution >= 4 is 23.8 Å². The number of carboxylic acid groups (broad SMARTS) is 2. The van der Waals surface area contributed by atoms with E-state index in [2.05, 4.69) is 10.6 Å². The summed E-state index contributed by atoms with van der Waals surface area (Å²) >= 11 is 0. The predicted molar refractivity (Wildman–Crippen MR) is 96.3 cm³/mol. The van der Waals surface area contributed by atoms with Crippen LogP contribution in [0.15, 0.2) is 0 Å². The van der Waals surface area contributed by atoms with Gasteiger partial charge in [0.15, 0.2) is 0 Å². The van der Waals surface area contributed by atoms with Crippen LogP contribution in [0.25, 0.3) is 0 Å². The molecular weight excluding hydrogens is 344 g/mol. The maximum atomic E-state index is 11.8. The Kier molecular flexibility index (Phi) is 16.3. The molecule has 2 atom stereocenters. The number of hydrogen-bond acceptors (Lipinski definition) is 6. The molecule has 0 bridgehead atoms. The Morgan fingerprint density at radius 2 is 1.08 bits per heavy atom. The van der Waals surface area contributed by atoms with Gasteiger partial charge in [0.25, 0.3) is 11.9 Å². The summed E-state index contributed by atoms with van der Waals surface area (Å²) in [7, 11) is 0. The molecule has 1 rings (SSSR count). The van der Waals surface area contributed by atoms with Crippen molar-refractivity contribution in [1.82, 2.24) is 10.6 Å². The zero-order valence-electron chi connectivity index (χ0n) is 15.5. The van der Waals surface area contributed by atoms with E-state index in [9.17, 15) is 9.59 Å². The zero-order valence-corrected chi connectivity index (χ0v) is 15.5. The molecule has 0 aromatic heterocycles. The highest BCUT2D eigenvalue weighted by atomic mass is 16.4. The normalized spacial score (nSPS) is 18.3. The molecule has 26 heavy (non-hydrogen) atoms. The highest BCUT2D eigenvalue weighted by molar-refractivity contribution is 5.96. The Morgan fingerprint density at radius 3 is 1.31 bits per heavy atom. The lowest BCUT2D eigenvalue weighted by Crippen LogP contribution is -2.61. The molecule has 0 saturated carbocycles. The zero-order chi connectivity index (χ0) is 20.5. The van der Waals surface area contributed by atoms with E-state index in [0.29, 0.717) is 25.9 Å². The average Bonchev–Trinajstić information content (AvgIpc) is 2.51. The third-order valence-corrected chi connectivity index (χ3v) is 3.16. The third kappa shape index (κ3) is 16.7. The third-order valence-electron chi connectivity index (χ3n) is 3.16. The van der Waals surface area contributed by atoms with Crippen molar-refractivity contribution in [3.63, 3.8) is 0 Å². The SMILES string of the molecule is CC(=O)O.CC(=O)O.NCCCCC1NC(=O)C(CCCCN)NC1=O. The maximum Gasteiger partial charge on any atom is 0.300 e. The molecule has 10 nitrogen and oxygen atoms in total. The molecule has 1 fully saturated rings. The number of amides is 2. The summed E-state index contributed by atoms with van der Waals surface area (Å²) in [4.78, 5) is 41.6. The quantitative estimate of drug-likeness (QED) is 0.303. The minimum absolute atomic E-state index is 0.0793. The van der Waals surface area contributed by atoms with Crippen LogP contribution >= 0.6 is 0 Å². The molecular formula is C16H32N4O6. The molecule has 1 heterocycles. The van der Waals surface area contributed by atoms with Gasteiger partial charge >= 0.3 is 0 Å². The molecule has 10 heteroatoms. The molecule has 8 N–H and O–H groups in total. The van der Waals surface area contributed by atoms with Gasteiger partial charge in [-0.15, -0.1) is 0 Å². The Bertz CT molecular complexity index is 396. The van der Waals surface area contributed by atoms with E-state index in [1.165, 1.54) is 0 Å². The standard InChI is InChI=1S/C12H24N4O2.2C2H4O2/c13-7-3-1-5-9-11(17)16-10(12(18)15-9)6-2-4-8-14;2*1-2(3)4/h9-10H,1-8,13-14H2,(H,15,18)(H,16,17);2*1H3,(H,3,4). The van der Waals surface area contributed by atoms with Gasteiger partial charge in [0.1, 0.15) is 12.1 Å². The van der Waals surface area contributed by atoms with E-state index in [0.717, 1.165) is 39.5 Å². The smallest absolute Gasteiger partial charge is 0.300 e. The molecule has 0 radical (unpaired) electrons. The molecule has 2 unspecified atom stereocenters. The molecule has 0 aliphatic carbocycles. The van der Waals surface area contributed by atoms with E-state index in [-0.39, 0.29) is 11.8 Å². The van der Waals surface area contributed by atoms with Gasteiger partial charge in [0.05, 0.1) is 0 Å². The first kappa shape index (κ1) is 26.0. The minimum Gasteiger partial charge on any atom is -0.481 e. The van der Waals surface area contributed by atoms with E-state index in [1.54, 1.807) is 0 Å². The van der Waals surface area contributed by atoms with Crippen LogP contribution in [0.2, 0.25) is 0 Å². The number of nitrogens with one attached hydrogen (secondary N) is 2. The summed E-state index contributed by atoms with van der Waals surface area (Å²) in [6.07, 6.45) is 4.77. The second-order valence-electron chi connectivity index (χ2n) is 5.73. The van der Waals surface area contributed by atoms with Gasteiger partial charge < -0.3 is 32.3 Å². The van der Waals surface area contributed by atoms with Gasteiger partial charge in [0, 0.05) is 13.8 Å². The van der Waals surface area contributed by atoms with E-state index in [4.69, 9.17) is 31.3 Å². The van der Waals surface area contributed by atoms with Crippen molar-refractivity contribution in [2.75, 3.05) is 13.1 Å². The fourth-order valence-electron chi connectivity index (χ4n) is 2.07. The minimum atomic E-state index is -0.833. The largest absolute Gasteiger partial charge is 0.481 e. The van der Waals surface area contributed by atoms with E-state index in [1.807, 2.05) is 0 Å². The van der Waals surface area contributed by atoms with Crippen LogP contribution in [0.5, 0.6) is 0 Å². The van der Waals surface area contributed by atoms with Gasteiger partial charge in [-0.25, -0.2) is 0 Å². The van der Waals surface area contributed by atoms with Crippen LogP contribution in [0.4, 0.5) is 0 Å². The van der Waals surface area contributed by atoms with Crippen molar-refractivity contribution in [3.8, 4) is 0 Å². The van der Waals surface area contributed by atoms with Crippen LogP contribution in [0.1, 0.15) is 52.4 Å². The first-order chi connectivity index (χ1) is 12.1. The highest BCUT2D eigenvalue weighted by Gasteiger charge is 2.32. The monoisotopic (exact) mass is 376 g/mol. The Labute approximate surface area is 153 Å². The molecule has 0 spiro atoms. The molecule has 1 aliphatic heterocycles. The average molecular weight is 376 g/mol. The number of piperazine rings is 1. The Hall–Kier alpha value is -2.20. The topological polar surface area (TPSA) is 185 Å². The molecule has 2 amide bonds. The highest BCUT2D eigenvalue weighted by Crippen LogP contribution is 2.09. The second kappa shape index (κ2) is 16.3. The van der Waals surface area contributed by atoms with Gasteiger partial charge in [0.2, 0.25) is 11.8 Å². The first-order valence-electron chi connectivity index (χ1n) is 8.55. The first-order valence-corrected chi connectivity index (χ1v) is 8.55. The fraction of sp³-hybridized carbons (Fsp3) is 0.750. The number of aliphatic carboxylic acids is 2. The summed E-state index contributed by atoms with van der Waals surface area (Å²) in [5.74, 6) is -1.83. The lowest BCUT2D eigenvalue weighted by molar-refractivity contribution is -0.137. The summed E-state index contributed by atoms with van der Waals surface area (Å²) in [6.45, 7) is 3.40. The number of unbranched alkanes of at least 4 members (excludes halogenated alkanes) is 2. The summed E-state index contributed by atoms with van der Waals surface area (Å²) in [5.41, 5.74) is 10.8. The van der Waals surface area contributed by atoms with Crippen LogP contribution in [0, 0.1) is 0 Å². The maximum absolute atomic E-state index is 11.8. The Morgan fingerprint density at radius 1 is 0.808 bits per heavy atom. The number of hydrogen-bond donors (Lipinski definition) is 6. The van der Waals surface area contributed by atoms with Crippen LogP contribution < -0.4 is 22.1 Å². The van der Waals surface area contributed by atoms with Crippen LogP contribution in [-0.4, -0.2) is 59.1 Å². The van der Waals surface area contributed by atoms with Gasteiger partial charge in [-0.05, 0) is 51.6 Å². The van der Waals surface area contributed by atoms with Crippen molar-refractivity contribution in [1.29, 1.82) is 0 Å². The lowest BCUT2D eigenvalue weighted by Gasteiger charge is -2.29. The van der Waals surface area contributed by atoms with Crippen molar-refractivity contribution in [3.05, 3.63) is 0 Å². The fourth-order valence-corrected chi connectivity index (χ4v) is 2.07. The van der Waals surface area contributed by atoms with Crippen molar-refractivity contribution in [2.45, 2.75) is 64.5 Å². The predicted octanol–water partition coefficient (Wildman–Crippen LogP) is -0.591. The van der Waals surface area contributed by atoms with E-state index >= 15 is 0 Å². The molecule has 0 aromatic rings. The lowest BCUT2D eigenvalue weighted by atomic mass is 10.0. The second-order valence-corrected chi connectivity index (χ2v) is 5.73. The summed E-state index contributed by atoms with van der Waals surface area (Å²) < 4.78 is 0. The number of rotatable bonds is 8. The van der Waals surface area contributed by atoms with Crippen molar-refractivity contribution < 1.29 is 29.4 Å². The summed E-state index contributed by atoms with van der Waals surface area (Å²) in [5, 5.41) is 20.4. The number of carbonyl (C=O) groups excluding carboxylic acids is 2. The molecule has 1 aliphatic rings. The molecule has 152 valence electrons. The van der Waals surface area contributed by atoms with Crippen LogP contribution in [-0.2, 0) is 19.2 Å². The van der Waals surface area contributed by atoms with Gasteiger partial charge in [-0.2, -0.15) is 0 Å². The molecule has 1 saturated heterocycles. The Balaban J connectivity index is 0.